The van der Waals surface area contributed by atoms with Gasteiger partial charge in [-0.05, 0) is 19.5 Å². The molecule has 5 heavy (non-hydrogen) atoms. The number of hydrogen-bond donors (Lipinski definition) is 0. The van der Waals surface area contributed by atoms with E-state index in [-0.39, 0.29) is 0 Å². The first-order valence-electron chi connectivity index (χ1n) is 2.12. The first-order chi connectivity index (χ1) is 2.41. The molecule has 0 rings (SSSR count). The Balaban J connectivity index is 2.19. The minimum absolute atomic E-state index is 0.677. The molecule has 0 amide bonds. The van der Waals surface area contributed by atoms with E-state index in [9.17, 15) is 0 Å². The van der Waals surface area contributed by atoms with Gasteiger partial charge in [0.15, 0.2) is 0 Å². The van der Waals surface area contributed by atoms with Gasteiger partial charge in [-0.15, -0.1) is 0 Å². The smallest absolute Gasteiger partial charge is 0.0237 e. The van der Waals surface area contributed by atoms with E-state index in [4.69, 9.17) is 0 Å². The zero-order valence-electron chi connectivity index (χ0n) is 3.91. The van der Waals surface area contributed by atoms with Crippen LogP contribution in [0.4, 0.5) is 0 Å². The minimum Gasteiger partial charge on any atom is -0.163 e. The molecule has 0 aliphatic rings. The summed E-state index contributed by atoms with van der Waals surface area (Å²) in [6.07, 6.45) is 0. The van der Waals surface area contributed by atoms with Gasteiger partial charge in [0.05, 0.1) is 0 Å². The van der Waals surface area contributed by atoms with Crippen LogP contribution >= 0.6 is 7.68 Å². The highest BCUT2D eigenvalue weighted by Gasteiger charge is 1.69. The third-order valence-corrected chi connectivity index (χ3v) is 40.5. The molecule has 0 unspecified atom stereocenters. The molecule has 0 aromatic heterocycles. The summed E-state index contributed by atoms with van der Waals surface area (Å²) in [5.74, 6) is 0. The van der Waals surface area contributed by atoms with Crippen LogP contribution in [0.5, 0.6) is 0 Å². The van der Waals surface area contributed by atoms with E-state index in [0.717, 1.165) is 0 Å². The van der Waals surface area contributed by atoms with Crippen molar-refractivity contribution >= 4 is 44.6 Å². The fraction of sp³-hybridized carbons (Fsp3) is 0. The van der Waals surface area contributed by atoms with Crippen molar-refractivity contribution in [2.45, 2.75) is 0 Å². The Kier molecular flexibility index (Phi) is 6.67. The quantitative estimate of drug-likeness (QED) is 0.285. The van der Waals surface area contributed by atoms with E-state index in [0.29, 0.717) is 17.4 Å². The van der Waals surface area contributed by atoms with Gasteiger partial charge in [-0.2, -0.15) is 7.68 Å². The summed E-state index contributed by atoms with van der Waals surface area (Å²) in [6, 6.07) is 0. The van der Waals surface area contributed by atoms with Gasteiger partial charge in [0, 0.05) is 17.4 Å². The molecule has 0 aromatic rings. The molecule has 0 spiro atoms. The normalized spacial score (nSPS) is 16.8. The molecule has 0 nitrogen and oxygen atoms in total. The van der Waals surface area contributed by atoms with E-state index in [2.05, 4.69) is 0 Å². The maximum atomic E-state index is 1.61. The highest BCUT2D eigenvalue weighted by Crippen LogP contribution is 1.93. The molecular formula is H11PSi4. The van der Waals surface area contributed by atoms with Crippen molar-refractivity contribution in [3.63, 3.8) is 0 Å². The Bertz CT molecular complexity index is 11.1. The topological polar surface area (TPSA) is 0 Å². The van der Waals surface area contributed by atoms with Crippen molar-refractivity contribution in [1.82, 2.24) is 0 Å². The second-order valence-corrected chi connectivity index (χ2v) is 25.8. The monoisotopic (exact) mass is 154 g/mol. The Morgan fingerprint density at radius 1 is 1.20 bits per heavy atom. The highest BCUT2D eigenvalue weighted by atomic mass is 31.6. The van der Waals surface area contributed by atoms with Crippen LogP contribution in [0.3, 0.4) is 0 Å². The lowest BCUT2D eigenvalue weighted by Crippen LogP contribution is -1.82. The van der Waals surface area contributed by atoms with E-state index < -0.39 is 0 Å². The Morgan fingerprint density at radius 2 is 1.60 bits per heavy atom. The average Bonchev–Trinajstić information content (AvgIpc) is 1.41. The van der Waals surface area contributed by atoms with Crippen LogP contribution < -0.4 is 0 Å². The summed E-state index contributed by atoms with van der Waals surface area (Å²) in [7, 11) is 6.17. The molecule has 0 fully saturated rings. The zero-order valence-corrected chi connectivity index (χ0v) is 11.7. The van der Waals surface area contributed by atoms with E-state index in [1.165, 1.54) is 0 Å². The molecule has 0 saturated carbocycles. The largest absolute Gasteiger partial charge is 0.163 e. The van der Waals surface area contributed by atoms with Crippen LogP contribution in [-0.4, -0.2) is 36.9 Å². The first-order valence-corrected chi connectivity index (χ1v) is 19.1. The molecule has 0 heterocycles. The van der Waals surface area contributed by atoms with Crippen LogP contribution in [0.2, 0.25) is 0 Å². The zero-order chi connectivity index (χ0) is 4.12. The van der Waals surface area contributed by atoms with Gasteiger partial charge in [0.25, 0.3) is 0 Å². The van der Waals surface area contributed by atoms with Crippen LogP contribution in [-0.2, 0) is 0 Å². The molecule has 0 saturated heterocycles. The van der Waals surface area contributed by atoms with Crippen LogP contribution in [0, 0.1) is 0 Å². The minimum atomic E-state index is 0.677. The van der Waals surface area contributed by atoms with Gasteiger partial charge in [0.2, 0.25) is 0 Å². The van der Waals surface area contributed by atoms with Gasteiger partial charge in [0.1, 0.15) is 0 Å². The number of rotatable bonds is 2. The fourth-order valence-corrected chi connectivity index (χ4v) is 60.7. The molecule has 0 aliphatic heterocycles. The fourth-order valence-electron chi connectivity index (χ4n) is 0.250. The van der Waals surface area contributed by atoms with Crippen molar-refractivity contribution in [3.8, 4) is 0 Å². The lowest BCUT2D eigenvalue weighted by atomic mass is 26.8. The van der Waals surface area contributed by atoms with Crippen LogP contribution in [0.1, 0.15) is 0 Å². The van der Waals surface area contributed by atoms with E-state index >= 15 is 0 Å². The molecule has 32 valence electrons. The van der Waals surface area contributed by atoms with Gasteiger partial charge in [-0.25, -0.2) is 0 Å². The maximum Gasteiger partial charge on any atom is 0.0237 e. The van der Waals surface area contributed by atoms with Gasteiger partial charge < -0.3 is 0 Å². The van der Waals surface area contributed by atoms with Crippen LogP contribution in [0.15, 0.2) is 0 Å². The second kappa shape index (κ2) is 5.30. The first kappa shape index (κ1) is 6.30. The highest BCUT2D eigenvalue weighted by molar-refractivity contribution is 8.02. The van der Waals surface area contributed by atoms with Crippen molar-refractivity contribution < 1.29 is 0 Å². The molecular weight excluding hydrogens is 143 g/mol. The van der Waals surface area contributed by atoms with Crippen molar-refractivity contribution in [2.75, 3.05) is 0 Å². The van der Waals surface area contributed by atoms with Gasteiger partial charge in [-0.3, -0.25) is 0 Å². The summed E-state index contributed by atoms with van der Waals surface area (Å²) in [4.78, 5) is 0. The molecule has 0 N–H and O–H groups in total. The van der Waals surface area contributed by atoms with Crippen molar-refractivity contribution in [1.29, 1.82) is 0 Å². The second-order valence-electron chi connectivity index (χ2n) is 0.957. The summed E-state index contributed by atoms with van der Waals surface area (Å²) >= 11 is 0. The van der Waals surface area contributed by atoms with Gasteiger partial charge >= 0.3 is 0 Å². The predicted molar refractivity (Wildman–Crippen MR) is 45.3 cm³/mol. The molecule has 0 aromatic carbocycles. The van der Waals surface area contributed by atoms with Crippen molar-refractivity contribution in [3.05, 3.63) is 0 Å². The van der Waals surface area contributed by atoms with E-state index in [1.807, 2.05) is 0 Å². The SMILES string of the molecule is [SiH3][SiH2]P[SiH2][SiH3]. The third kappa shape index (κ3) is 5.30. The summed E-state index contributed by atoms with van der Waals surface area (Å²) < 4.78 is 0. The molecule has 5 heteroatoms. The molecule has 0 aliphatic carbocycles. The Hall–Kier alpha value is 1.30. The lowest BCUT2D eigenvalue weighted by molar-refractivity contribution is 4.30. The molecule has 0 atom stereocenters. The maximum absolute atomic E-state index is 1.61. The Morgan fingerprint density at radius 3 is 1.60 bits per heavy atom. The Labute approximate surface area is 45.1 Å². The van der Waals surface area contributed by atoms with Gasteiger partial charge in [-0.1, -0.05) is 0 Å². The molecule has 0 bridgehead atoms. The third-order valence-electron chi connectivity index (χ3n) is 0.500. The lowest BCUT2D eigenvalue weighted by Gasteiger charge is -1.78. The number of hydrogen-bond acceptors (Lipinski definition) is 0. The standard InChI is InChI=1S/H11PSi4/c2-4-1-5-3/h1H,4-5H2,2-3H3. The summed E-state index contributed by atoms with van der Waals surface area (Å²) in [5.41, 5.74) is 0. The summed E-state index contributed by atoms with van der Waals surface area (Å²) in [6.45, 7) is 0. The van der Waals surface area contributed by atoms with Crippen LogP contribution in [0.25, 0.3) is 0 Å². The predicted octanol–water partition coefficient (Wildman–Crippen LogP) is -3.61. The molecule has 0 radical (unpaired) electrons. The van der Waals surface area contributed by atoms with E-state index in [1.54, 1.807) is 27.2 Å². The average molecular weight is 154 g/mol. The van der Waals surface area contributed by atoms with Crippen molar-refractivity contribution in [2.24, 2.45) is 0 Å². The summed E-state index contributed by atoms with van der Waals surface area (Å²) in [5, 5.41) is 0.